The Balaban J connectivity index is 1.49. The maximum atomic E-state index is 13.2. The van der Waals surface area contributed by atoms with Crippen LogP contribution in [0.3, 0.4) is 0 Å². The number of hydrazone groups is 1. The van der Waals surface area contributed by atoms with Crippen molar-refractivity contribution in [2.45, 2.75) is 25.2 Å². The van der Waals surface area contributed by atoms with Crippen LogP contribution in [0, 0.1) is 11.8 Å². The highest BCUT2D eigenvalue weighted by Gasteiger charge is 2.31. The van der Waals surface area contributed by atoms with Gasteiger partial charge in [0.1, 0.15) is 0 Å². The predicted molar refractivity (Wildman–Crippen MR) is 132 cm³/mol. The Morgan fingerprint density at radius 1 is 1.16 bits per heavy atom. The summed E-state index contributed by atoms with van der Waals surface area (Å²) in [6.45, 7) is 5.34. The van der Waals surface area contributed by atoms with Crippen LogP contribution in [-0.2, 0) is 10.0 Å². The van der Waals surface area contributed by atoms with Gasteiger partial charge >= 0.3 is 0 Å². The van der Waals surface area contributed by atoms with Crippen LogP contribution in [0.2, 0.25) is 5.02 Å². The van der Waals surface area contributed by atoms with E-state index >= 15 is 0 Å². The standard InChI is InChI=1S/C23H25ClN4O2S2/c1-16-10-17(2)14-28(13-16)32(29,30)21-5-3-4-19(11-21)22-15-31-23(26-22)27-25-12-18-6-8-20(24)9-7-18/h3-9,11-12,15-17H,10,13-14H2,1-2H3,(H,26,27). The van der Waals surface area contributed by atoms with E-state index in [2.05, 4.69) is 29.4 Å². The lowest BCUT2D eigenvalue weighted by Gasteiger charge is -2.34. The number of nitrogens with zero attached hydrogens (tertiary/aromatic N) is 3. The van der Waals surface area contributed by atoms with E-state index in [-0.39, 0.29) is 0 Å². The average molecular weight is 489 g/mol. The second kappa shape index (κ2) is 9.70. The van der Waals surface area contributed by atoms with Crippen LogP contribution < -0.4 is 5.43 Å². The molecule has 0 saturated carbocycles. The summed E-state index contributed by atoms with van der Waals surface area (Å²) in [6.07, 6.45) is 2.74. The fraction of sp³-hybridized carbons (Fsp3) is 0.304. The third-order valence-corrected chi connectivity index (χ3v) is 8.18. The van der Waals surface area contributed by atoms with Gasteiger partial charge in [0, 0.05) is 29.1 Å². The van der Waals surface area contributed by atoms with E-state index < -0.39 is 10.0 Å². The van der Waals surface area contributed by atoms with Gasteiger partial charge in [0.15, 0.2) is 0 Å². The summed E-state index contributed by atoms with van der Waals surface area (Å²) in [5.41, 5.74) is 5.30. The van der Waals surface area contributed by atoms with Gasteiger partial charge in [0.05, 0.1) is 16.8 Å². The summed E-state index contributed by atoms with van der Waals surface area (Å²) in [4.78, 5) is 4.85. The maximum absolute atomic E-state index is 13.2. The molecule has 1 aliphatic heterocycles. The highest BCUT2D eigenvalue weighted by Crippen LogP contribution is 2.30. The molecule has 0 spiro atoms. The largest absolute Gasteiger partial charge is 0.253 e. The van der Waals surface area contributed by atoms with Gasteiger partial charge < -0.3 is 0 Å². The van der Waals surface area contributed by atoms with Crippen molar-refractivity contribution >= 4 is 44.3 Å². The molecule has 1 N–H and O–H groups in total. The minimum atomic E-state index is -3.54. The molecule has 4 rings (SSSR count). The zero-order valence-electron chi connectivity index (χ0n) is 17.9. The molecule has 1 fully saturated rings. The molecule has 6 nitrogen and oxygen atoms in total. The molecule has 2 atom stereocenters. The molecule has 32 heavy (non-hydrogen) atoms. The Morgan fingerprint density at radius 2 is 1.88 bits per heavy atom. The Morgan fingerprint density at radius 3 is 2.59 bits per heavy atom. The van der Waals surface area contributed by atoms with Crippen LogP contribution in [0.1, 0.15) is 25.8 Å². The van der Waals surface area contributed by atoms with E-state index in [9.17, 15) is 8.42 Å². The highest BCUT2D eigenvalue weighted by molar-refractivity contribution is 7.89. The van der Waals surface area contributed by atoms with E-state index in [0.717, 1.165) is 17.5 Å². The monoisotopic (exact) mass is 488 g/mol. The van der Waals surface area contributed by atoms with Gasteiger partial charge in [-0.2, -0.15) is 9.41 Å². The molecule has 2 unspecified atom stereocenters. The number of halogens is 1. The Labute approximate surface area is 198 Å². The number of benzene rings is 2. The van der Waals surface area contributed by atoms with Crippen molar-refractivity contribution in [3.8, 4) is 11.3 Å². The van der Waals surface area contributed by atoms with E-state index in [1.807, 2.05) is 23.6 Å². The molecule has 3 aromatic rings. The number of aromatic nitrogens is 1. The fourth-order valence-corrected chi connectivity index (χ4v) is 6.46. The molecule has 0 aliphatic carbocycles. The van der Waals surface area contributed by atoms with E-state index in [4.69, 9.17) is 11.6 Å². The minimum absolute atomic E-state index is 0.305. The van der Waals surface area contributed by atoms with Crippen molar-refractivity contribution in [3.05, 3.63) is 64.5 Å². The van der Waals surface area contributed by atoms with Crippen molar-refractivity contribution in [1.82, 2.24) is 9.29 Å². The van der Waals surface area contributed by atoms with Crippen LogP contribution in [0.4, 0.5) is 5.13 Å². The number of hydrogen-bond donors (Lipinski definition) is 1. The summed E-state index contributed by atoms with van der Waals surface area (Å²) in [7, 11) is -3.54. The molecule has 0 bridgehead atoms. The van der Waals surface area contributed by atoms with E-state index in [1.165, 1.54) is 11.3 Å². The van der Waals surface area contributed by atoms with Gasteiger partial charge in [-0.25, -0.2) is 13.4 Å². The van der Waals surface area contributed by atoms with Crippen molar-refractivity contribution in [2.75, 3.05) is 18.5 Å². The molecule has 0 radical (unpaired) electrons. The number of nitrogens with one attached hydrogen (secondary N) is 1. The normalized spacial score (nSPS) is 20.0. The first-order valence-corrected chi connectivity index (χ1v) is 13.1. The molecule has 1 aromatic heterocycles. The summed E-state index contributed by atoms with van der Waals surface area (Å²) >= 11 is 7.30. The summed E-state index contributed by atoms with van der Waals surface area (Å²) in [6, 6.07) is 14.3. The number of hydrogen-bond acceptors (Lipinski definition) is 6. The minimum Gasteiger partial charge on any atom is -0.253 e. The van der Waals surface area contributed by atoms with Gasteiger partial charge in [0.2, 0.25) is 15.2 Å². The average Bonchev–Trinajstić information content (AvgIpc) is 3.23. The van der Waals surface area contributed by atoms with Gasteiger partial charge in [0.25, 0.3) is 0 Å². The molecular weight excluding hydrogens is 464 g/mol. The predicted octanol–water partition coefficient (Wildman–Crippen LogP) is 5.58. The lowest BCUT2D eigenvalue weighted by atomic mass is 9.94. The number of rotatable bonds is 6. The number of thiazole rings is 1. The first-order chi connectivity index (χ1) is 15.3. The third-order valence-electron chi connectivity index (χ3n) is 5.35. The zero-order chi connectivity index (χ0) is 22.7. The van der Waals surface area contributed by atoms with Crippen LogP contribution in [0.5, 0.6) is 0 Å². The van der Waals surface area contributed by atoms with Gasteiger partial charge in [-0.15, -0.1) is 11.3 Å². The molecule has 1 saturated heterocycles. The second-order valence-corrected chi connectivity index (χ2v) is 11.5. The topological polar surface area (TPSA) is 74.7 Å². The van der Waals surface area contributed by atoms with Crippen LogP contribution in [0.25, 0.3) is 11.3 Å². The molecule has 2 aromatic carbocycles. The molecule has 9 heteroatoms. The lowest BCUT2D eigenvalue weighted by molar-refractivity contribution is 0.222. The maximum Gasteiger partial charge on any atom is 0.243 e. The summed E-state index contributed by atoms with van der Waals surface area (Å²) in [5, 5.41) is 7.39. The van der Waals surface area contributed by atoms with Crippen LogP contribution in [0.15, 0.2) is 63.9 Å². The summed E-state index contributed by atoms with van der Waals surface area (Å²) in [5.74, 6) is 0.717. The number of anilines is 1. The second-order valence-electron chi connectivity index (χ2n) is 8.26. The van der Waals surface area contributed by atoms with Crippen molar-refractivity contribution in [1.29, 1.82) is 0 Å². The number of sulfonamides is 1. The fourth-order valence-electron chi connectivity index (χ4n) is 3.94. The first-order valence-electron chi connectivity index (χ1n) is 10.4. The van der Waals surface area contributed by atoms with Crippen molar-refractivity contribution < 1.29 is 8.42 Å². The Kier molecular flexibility index (Phi) is 6.95. The van der Waals surface area contributed by atoms with Crippen LogP contribution >= 0.6 is 22.9 Å². The highest BCUT2D eigenvalue weighted by atomic mass is 35.5. The molecule has 168 valence electrons. The zero-order valence-corrected chi connectivity index (χ0v) is 20.3. The SMILES string of the molecule is CC1CC(C)CN(S(=O)(=O)c2cccc(-c3csc(NN=Cc4ccc(Cl)cc4)n3)c2)C1. The number of piperidine rings is 1. The smallest absolute Gasteiger partial charge is 0.243 e. The molecular formula is C23H25ClN4O2S2. The summed E-state index contributed by atoms with van der Waals surface area (Å²) < 4.78 is 28.1. The van der Waals surface area contributed by atoms with Gasteiger partial charge in [-0.1, -0.05) is 49.7 Å². The Hall–Kier alpha value is -2.26. The van der Waals surface area contributed by atoms with Crippen molar-refractivity contribution in [2.24, 2.45) is 16.9 Å². The van der Waals surface area contributed by atoms with Crippen molar-refractivity contribution in [3.63, 3.8) is 0 Å². The molecule has 2 heterocycles. The molecule has 1 aliphatic rings. The third kappa shape index (κ3) is 5.38. The quantitative estimate of drug-likeness (QED) is 0.363. The van der Waals surface area contributed by atoms with Gasteiger partial charge in [-0.3, -0.25) is 5.43 Å². The first kappa shape index (κ1) is 22.9. The lowest BCUT2D eigenvalue weighted by Crippen LogP contribution is -2.42. The molecule has 0 amide bonds. The van der Waals surface area contributed by atoms with E-state index in [1.54, 1.807) is 40.9 Å². The van der Waals surface area contributed by atoms with Crippen LogP contribution in [-0.4, -0.2) is 37.0 Å². The van der Waals surface area contributed by atoms with E-state index in [0.29, 0.717) is 45.7 Å². The van der Waals surface area contributed by atoms with Gasteiger partial charge in [-0.05, 0) is 48.1 Å². The Bertz CT molecular complexity index is 1200.